The molecule has 0 amide bonds. The standard InChI is InChI=1S/C10H11F2NO2/c1-5-2-8(12)6(3-7(5)11)4-9(13)10(14)15/h2-3,9H,4,13H2,1H3,(H,14,15). The zero-order valence-corrected chi connectivity index (χ0v) is 8.13. The first-order chi connectivity index (χ1) is 6.91. The summed E-state index contributed by atoms with van der Waals surface area (Å²) in [6.45, 7) is 1.43. The number of benzene rings is 1. The molecule has 0 bridgehead atoms. The van der Waals surface area contributed by atoms with Crippen LogP contribution in [0.1, 0.15) is 11.1 Å². The van der Waals surface area contributed by atoms with Crippen LogP contribution >= 0.6 is 0 Å². The minimum absolute atomic E-state index is 0.0204. The Kier molecular flexibility index (Phi) is 3.36. The van der Waals surface area contributed by atoms with Gasteiger partial charge in [-0.2, -0.15) is 0 Å². The molecule has 15 heavy (non-hydrogen) atoms. The van der Waals surface area contributed by atoms with E-state index < -0.39 is 23.6 Å². The molecular weight excluding hydrogens is 204 g/mol. The Balaban J connectivity index is 2.95. The summed E-state index contributed by atoms with van der Waals surface area (Å²) in [5.74, 6) is -2.44. The Morgan fingerprint density at radius 1 is 1.47 bits per heavy atom. The average molecular weight is 215 g/mol. The van der Waals surface area contributed by atoms with Crippen LogP contribution in [-0.4, -0.2) is 17.1 Å². The molecule has 1 rings (SSSR count). The van der Waals surface area contributed by atoms with E-state index >= 15 is 0 Å². The highest BCUT2D eigenvalue weighted by atomic mass is 19.1. The normalized spacial score (nSPS) is 12.5. The zero-order chi connectivity index (χ0) is 11.6. The van der Waals surface area contributed by atoms with Crippen molar-refractivity contribution in [1.29, 1.82) is 0 Å². The molecule has 0 saturated heterocycles. The minimum atomic E-state index is -1.24. The number of rotatable bonds is 3. The van der Waals surface area contributed by atoms with E-state index in [1.165, 1.54) is 6.92 Å². The topological polar surface area (TPSA) is 63.3 Å². The number of carboxylic acids is 1. The molecule has 3 N–H and O–H groups in total. The van der Waals surface area contributed by atoms with E-state index in [-0.39, 0.29) is 17.5 Å². The number of hydrogen-bond donors (Lipinski definition) is 2. The Bertz CT molecular complexity index is 393. The second kappa shape index (κ2) is 4.35. The third kappa shape index (κ3) is 2.73. The zero-order valence-electron chi connectivity index (χ0n) is 8.13. The van der Waals surface area contributed by atoms with Crippen molar-refractivity contribution in [3.63, 3.8) is 0 Å². The van der Waals surface area contributed by atoms with Gasteiger partial charge in [-0.25, -0.2) is 8.78 Å². The molecule has 1 aromatic rings. The molecule has 5 heteroatoms. The fourth-order valence-corrected chi connectivity index (χ4v) is 1.17. The summed E-state index contributed by atoms with van der Waals surface area (Å²) in [5, 5.41) is 8.52. The highest BCUT2D eigenvalue weighted by molar-refractivity contribution is 5.73. The Hall–Kier alpha value is -1.49. The fraction of sp³-hybridized carbons (Fsp3) is 0.300. The number of aryl methyl sites for hydroxylation is 1. The molecule has 0 radical (unpaired) electrons. The van der Waals surface area contributed by atoms with Crippen molar-refractivity contribution in [2.24, 2.45) is 5.73 Å². The molecule has 0 spiro atoms. The van der Waals surface area contributed by atoms with Gasteiger partial charge in [0.15, 0.2) is 0 Å². The van der Waals surface area contributed by atoms with Crippen molar-refractivity contribution in [2.45, 2.75) is 19.4 Å². The molecule has 82 valence electrons. The second-order valence-electron chi connectivity index (χ2n) is 3.34. The first-order valence-corrected chi connectivity index (χ1v) is 4.34. The van der Waals surface area contributed by atoms with Crippen LogP contribution in [-0.2, 0) is 11.2 Å². The molecule has 1 unspecified atom stereocenters. The lowest BCUT2D eigenvalue weighted by atomic mass is 10.0. The van der Waals surface area contributed by atoms with Gasteiger partial charge in [0, 0.05) is 6.42 Å². The van der Waals surface area contributed by atoms with Gasteiger partial charge in [0.1, 0.15) is 17.7 Å². The maximum atomic E-state index is 13.2. The summed E-state index contributed by atoms with van der Waals surface area (Å²) in [5.41, 5.74) is 5.38. The summed E-state index contributed by atoms with van der Waals surface area (Å²) in [6, 6.07) is 0.786. The van der Waals surface area contributed by atoms with E-state index in [0.29, 0.717) is 0 Å². The van der Waals surface area contributed by atoms with Gasteiger partial charge in [-0.15, -0.1) is 0 Å². The minimum Gasteiger partial charge on any atom is -0.480 e. The van der Waals surface area contributed by atoms with E-state index in [0.717, 1.165) is 12.1 Å². The number of nitrogens with two attached hydrogens (primary N) is 1. The predicted octanol–water partition coefficient (Wildman–Crippen LogP) is 1.23. The Morgan fingerprint density at radius 2 is 2.07 bits per heavy atom. The fourth-order valence-electron chi connectivity index (χ4n) is 1.17. The van der Waals surface area contributed by atoms with E-state index in [9.17, 15) is 13.6 Å². The first kappa shape index (κ1) is 11.6. The smallest absolute Gasteiger partial charge is 0.320 e. The van der Waals surface area contributed by atoms with Crippen molar-refractivity contribution in [2.75, 3.05) is 0 Å². The highest BCUT2D eigenvalue weighted by Crippen LogP contribution is 2.15. The molecule has 0 heterocycles. The van der Waals surface area contributed by atoms with Gasteiger partial charge in [-0.3, -0.25) is 4.79 Å². The summed E-state index contributed by atoms with van der Waals surface area (Å²) < 4.78 is 26.3. The van der Waals surface area contributed by atoms with Crippen LogP contribution in [0.3, 0.4) is 0 Å². The van der Waals surface area contributed by atoms with Crippen LogP contribution in [0.15, 0.2) is 12.1 Å². The van der Waals surface area contributed by atoms with Gasteiger partial charge in [0.05, 0.1) is 0 Å². The molecule has 1 aromatic carbocycles. The quantitative estimate of drug-likeness (QED) is 0.797. The maximum Gasteiger partial charge on any atom is 0.320 e. The van der Waals surface area contributed by atoms with Crippen LogP contribution < -0.4 is 5.73 Å². The molecule has 0 fully saturated rings. The molecule has 0 aliphatic rings. The van der Waals surface area contributed by atoms with Crippen LogP contribution in [0, 0.1) is 18.6 Å². The maximum absolute atomic E-state index is 13.2. The summed E-state index contributed by atoms with van der Waals surface area (Å²) >= 11 is 0. The van der Waals surface area contributed by atoms with Crippen molar-refractivity contribution < 1.29 is 18.7 Å². The van der Waals surface area contributed by atoms with Crippen molar-refractivity contribution in [3.05, 3.63) is 34.9 Å². The van der Waals surface area contributed by atoms with Gasteiger partial charge in [-0.05, 0) is 30.2 Å². The lowest BCUT2D eigenvalue weighted by molar-refractivity contribution is -0.138. The number of hydrogen-bond acceptors (Lipinski definition) is 2. The monoisotopic (exact) mass is 215 g/mol. The van der Waals surface area contributed by atoms with E-state index in [1.807, 2.05) is 0 Å². The van der Waals surface area contributed by atoms with E-state index in [1.54, 1.807) is 0 Å². The first-order valence-electron chi connectivity index (χ1n) is 4.34. The highest BCUT2D eigenvalue weighted by Gasteiger charge is 2.16. The summed E-state index contributed by atoms with van der Waals surface area (Å²) in [7, 11) is 0. The molecule has 3 nitrogen and oxygen atoms in total. The number of aliphatic carboxylic acids is 1. The van der Waals surface area contributed by atoms with Crippen LogP contribution in [0.2, 0.25) is 0 Å². The van der Waals surface area contributed by atoms with E-state index in [4.69, 9.17) is 10.8 Å². The lowest BCUT2D eigenvalue weighted by Gasteiger charge is -2.08. The van der Waals surface area contributed by atoms with Crippen LogP contribution in [0.4, 0.5) is 8.78 Å². The van der Waals surface area contributed by atoms with Gasteiger partial charge in [-0.1, -0.05) is 0 Å². The van der Waals surface area contributed by atoms with Crippen molar-refractivity contribution in [1.82, 2.24) is 0 Å². The van der Waals surface area contributed by atoms with Gasteiger partial charge < -0.3 is 10.8 Å². The third-order valence-electron chi connectivity index (χ3n) is 2.08. The largest absolute Gasteiger partial charge is 0.480 e. The molecule has 0 aromatic heterocycles. The van der Waals surface area contributed by atoms with Crippen molar-refractivity contribution >= 4 is 5.97 Å². The van der Waals surface area contributed by atoms with Crippen LogP contribution in [0.25, 0.3) is 0 Å². The van der Waals surface area contributed by atoms with Crippen molar-refractivity contribution in [3.8, 4) is 0 Å². The molecule has 0 aliphatic carbocycles. The summed E-state index contributed by atoms with van der Waals surface area (Å²) in [6.07, 6.45) is -0.224. The average Bonchev–Trinajstić information content (AvgIpc) is 2.13. The Morgan fingerprint density at radius 3 is 2.60 bits per heavy atom. The summed E-state index contributed by atoms with van der Waals surface area (Å²) in [4.78, 5) is 10.4. The predicted molar refractivity (Wildman–Crippen MR) is 50.4 cm³/mol. The van der Waals surface area contributed by atoms with E-state index in [2.05, 4.69) is 0 Å². The Labute approximate surface area is 85.5 Å². The third-order valence-corrected chi connectivity index (χ3v) is 2.08. The van der Waals surface area contributed by atoms with Crippen LogP contribution in [0.5, 0.6) is 0 Å². The van der Waals surface area contributed by atoms with Gasteiger partial charge >= 0.3 is 5.97 Å². The molecule has 0 saturated carbocycles. The number of halogens is 2. The van der Waals surface area contributed by atoms with Gasteiger partial charge in [0.25, 0.3) is 0 Å². The van der Waals surface area contributed by atoms with Gasteiger partial charge in [0.2, 0.25) is 0 Å². The molecular formula is C10H11F2NO2. The SMILES string of the molecule is Cc1cc(F)c(CC(N)C(=O)O)cc1F. The molecule has 0 aliphatic heterocycles. The molecule has 1 atom stereocenters. The second-order valence-corrected chi connectivity index (χ2v) is 3.34. The number of carboxylic acid groups (broad SMARTS) is 1. The number of carbonyl (C=O) groups is 1. The lowest BCUT2D eigenvalue weighted by Crippen LogP contribution is -2.32.